The van der Waals surface area contributed by atoms with Gasteiger partial charge in [-0.2, -0.15) is 0 Å². The molecule has 0 unspecified atom stereocenters. The van der Waals surface area contributed by atoms with Gasteiger partial charge in [0.05, 0.1) is 27.4 Å². The van der Waals surface area contributed by atoms with Crippen molar-refractivity contribution in [3.05, 3.63) is 35.4 Å². The predicted molar refractivity (Wildman–Crippen MR) is 108 cm³/mol. The van der Waals surface area contributed by atoms with Crippen molar-refractivity contribution in [3.63, 3.8) is 0 Å². The molecular weight excluding hydrogens is 374 g/mol. The minimum absolute atomic E-state index is 0.163. The van der Waals surface area contributed by atoms with Crippen LogP contribution in [0.1, 0.15) is 36.4 Å². The highest BCUT2D eigenvalue weighted by molar-refractivity contribution is 5.58. The van der Waals surface area contributed by atoms with Crippen molar-refractivity contribution in [1.29, 1.82) is 0 Å². The molecule has 7 nitrogen and oxygen atoms in total. The number of ether oxygens (including phenoxy) is 5. The number of fused-ring (bicyclic) bond motifs is 1. The lowest BCUT2D eigenvalue weighted by Gasteiger charge is -2.36. The largest absolute Gasteiger partial charge is 0.507 e. The molecule has 156 valence electrons. The van der Waals surface area contributed by atoms with Gasteiger partial charge in [-0.25, -0.2) is 0 Å². The predicted octanol–water partition coefficient (Wildman–Crippen LogP) is 3.72. The maximum absolute atomic E-state index is 10.8. The lowest BCUT2D eigenvalue weighted by Crippen LogP contribution is -2.34. The molecule has 4 rings (SSSR count). The quantitative estimate of drug-likeness (QED) is 0.791. The third kappa shape index (κ3) is 3.62. The van der Waals surface area contributed by atoms with Gasteiger partial charge in [0.1, 0.15) is 5.75 Å². The molecule has 0 aliphatic carbocycles. The molecule has 1 N–H and O–H groups in total. The van der Waals surface area contributed by atoms with Gasteiger partial charge in [-0.15, -0.1) is 0 Å². The zero-order valence-corrected chi connectivity index (χ0v) is 17.1. The molecule has 0 radical (unpaired) electrons. The standard InChI is InChI=1S/C22H27NO6/c1-25-19-9-14(10-20(26-2)22(19)27-3)21(23-7-5-4-6-8-23)15-11-17-18(12-16(15)24)29-13-28-17/h9-12,21,24H,4-8,13H2,1-3H3/t21-/m1/s1. The van der Waals surface area contributed by atoms with E-state index < -0.39 is 0 Å². The number of hydrogen-bond donors (Lipinski definition) is 1. The lowest BCUT2D eigenvalue weighted by atomic mass is 9.93. The van der Waals surface area contributed by atoms with Crippen LogP contribution in [-0.2, 0) is 0 Å². The Balaban J connectivity index is 1.86. The van der Waals surface area contributed by atoms with Gasteiger partial charge in [0, 0.05) is 11.6 Å². The van der Waals surface area contributed by atoms with E-state index in [2.05, 4.69) is 4.90 Å². The lowest BCUT2D eigenvalue weighted by molar-refractivity contribution is 0.173. The van der Waals surface area contributed by atoms with Crippen molar-refractivity contribution < 1.29 is 28.8 Å². The molecule has 7 heteroatoms. The van der Waals surface area contributed by atoms with Crippen LogP contribution in [0.2, 0.25) is 0 Å². The van der Waals surface area contributed by atoms with Gasteiger partial charge in [-0.1, -0.05) is 6.42 Å². The van der Waals surface area contributed by atoms with Crippen molar-refractivity contribution in [2.75, 3.05) is 41.2 Å². The van der Waals surface area contributed by atoms with Crippen LogP contribution in [0.5, 0.6) is 34.5 Å². The van der Waals surface area contributed by atoms with Crippen LogP contribution in [0, 0.1) is 0 Å². The summed E-state index contributed by atoms with van der Waals surface area (Å²) in [7, 11) is 4.80. The average Bonchev–Trinajstić information content (AvgIpc) is 3.21. The molecule has 0 bridgehead atoms. The smallest absolute Gasteiger partial charge is 0.231 e. The average molecular weight is 401 g/mol. The summed E-state index contributed by atoms with van der Waals surface area (Å²) in [6.07, 6.45) is 3.45. The summed E-state index contributed by atoms with van der Waals surface area (Å²) in [5.41, 5.74) is 1.72. The fourth-order valence-electron chi connectivity index (χ4n) is 4.19. The summed E-state index contributed by atoms with van der Waals surface area (Å²) in [4.78, 5) is 2.38. The Kier molecular flexibility index (Phi) is 5.58. The zero-order valence-electron chi connectivity index (χ0n) is 17.1. The second-order valence-corrected chi connectivity index (χ2v) is 7.22. The van der Waals surface area contributed by atoms with Gasteiger partial charge >= 0.3 is 0 Å². The molecule has 2 aromatic carbocycles. The monoisotopic (exact) mass is 401 g/mol. The second-order valence-electron chi connectivity index (χ2n) is 7.22. The Bertz CT molecular complexity index is 853. The summed E-state index contributed by atoms with van der Waals surface area (Å²) in [5, 5.41) is 10.8. The minimum Gasteiger partial charge on any atom is -0.507 e. The first-order valence-electron chi connectivity index (χ1n) is 9.82. The van der Waals surface area contributed by atoms with Crippen molar-refractivity contribution in [2.45, 2.75) is 25.3 Å². The maximum Gasteiger partial charge on any atom is 0.231 e. The Morgan fingerprint density at radius 1 is 0.862 bits per heavy atom. The van der Waals surface area contributed by atoms with Gasteiger partial charge in [0.15, 0.2) is 23.0 Å². The van der Waals surface area contributed by atoms with Gasteiger partial charge in [0.25, 0.3) is 0 Å². The molecule has 0 aromatic heterocycles. The highest BCUT2D eigenvalue weighted by Gasteiger charge is 2.30. The van der Waals surface area contributed by atoms with Crippen LogP contribution in [0.15, 0.2) is 24.3 Å². The van der Waals surface area contributed by atoms with E-state index >= 15 is 0 Å². The Labute approximate surface area is 170 Å². The number of nitrogens with zero attached hydrogens (tertiary/aromatic N) is 1. The molecule has 1 fully saturated rings. The van der Waals surface area contributed by atoms with Crippen LogP contribution in [0.4, 0.5) is 0 Å². The highest BCUT2D eigenvalue weighted by atomic mass is 16.7. The first-order chi connectivity index (χ1) is 14.2. The number of phenols is 1. The molecule has 29 heavy (non-hydrogen) atoms. The van der Waals surface area contributed by atoms with E-state index in [0.29, 0.717) is 28.7 Å². The van der Waals surface area contributed by atoms with E-state index in [-0.39, 0.29) is 18.6 Å². The van der Waals surface area contributed by atoms with Crippen LogP contribution in [0.25, 0.3) is 0 Å². The normalized spacial score (nSPS) is 17.1. The molecule has 2 aliphatic rings. The number of phenolic OH excluding ortho intramolecular Hbond substituents is 1. The first-order valence-corrected chi connectivity index (χ1v) is 9.82. The van der Waals surface area contributed by atoms with E-state index in [0.717, 1.165) is 37.1 Å². The third-order valence-electron chi connectivity index (χ3n) is 5.58. The summed E-state index contributed by atoms with van der Waals surface area (Å²) >= 11 is 0. The summed E-state index contributed by atoms with van der Waals surface area (Å²) in [6, 6.07) is 7.22. The van der Waals surface area contributed by atoms with Gasteiger partial charge < -0.3 is 28.8 Å². The second kappa shape index (κ2) is 8.29. The van der Waals surface area contributed by atoms with Crippen molar-refractivity contribution in [3.8, 4) is 34.5 Å². The first kappa shape index (κ1) is 19.5. The number of benzene rings is 2. The molecule has 2 aromatic rings. The molecular formula is C22H27NO6. The van der Waals surface area contributed by atoms with Crippen molar-refractivity contribution >= 4 is 0 Å². The van der Waals surface area contributed by atoms with E-state index in [4.69, 9.17) is 23.7 Å². The summed E-state index contributed by atoms with van der Waals surface area (Å²) in [5.74, 6) is 3.11. The van der Waals surface area contributed by atoms with Gasteiger partial charge in [0.2, 0.25) is 12.5 Å². The van der Waals surface area contributed by atoms with Crippen LogP contribution < -0.4 is 23.7 Å². The number of rotatable bonds is 6. The summed E-state index contributed by atoms with van der Waals surface area (Å²) < 4.78 is 27.6. The minimum atomic E-state index is -0.182. The topological polar surface area (TPSA) is 69.6 Å². The van der Waals surface area contributed by atoms with E-state index in [1.54, 1.807) is 27.4 Å². The Hall–Kier alpha value is -2.80. The Morgan fingerprint density at radius 2 is 1.48 bits per heavy atom. The van der Waals surface area contributed by atoms with Crippen LogP contribution in [0.3, 0.4) is 0 Å². The fraction of sp³-hybridized carbons (Fsp3) is 0.455. The maximum atomic E-state index is 10.8. The number of aromatic hydroxyl groups is 1. The molecule has 1 saturated heterocycles. The molecule has 0 saturated carbocycles. The van der Waals surface area contributed by atoms with Gasteiger partial charge in [-0.3, -0.25) is 4.90 Å². The van der Waals surface area contributed by atoms with Crippen molar-refractivity contribution in [2.24, 2.45) is 0 Å². The third-order valence-corrected chi connectivity index (χ3v) is 5.58. The number of piperidine rings is 1. The summed E-state index contributed by atoms with van der Waals surface area (Å²) in [6.45, 7) is 2.04. The molecule has 0 amide bonds. The van der Waals surface area contributed by atoms with E-state index in [9.17, 15) is 5.11 Å². The highest BCUT2D eigenvalue weighted by Crippen LogP contribution is 2.47. The molecule has 2 aliphatic heterocycles. The van der Waals surface area contributed by atoms with E-state index in [1.807, 2.05) is 18.2 Å². The van der Waals surface area contributed by atoms with Crippen LogP contribution in [-0.4, -0.2) is 51.2 Å². The number of methoxy groups -OCH3 is 3. The number of likely N-dealkylation sites (tertiary alicyclic amines) is 1. The molecule has 0 spiro atoms. The fourth-order valence-corrected chi connectivity index (χ4v) is 4.19. The van der Waals surface area contributed by atoms with E-state index in [1.165, 1.54) is 6.42 Å². The molecule has 1 atom stereocenters. The van der Waals surface area contributed by atoms with Crippen molar-refractivity contribution in [1.82, 2.24) is 4.90 Å². The van der Waals surface area contributed by atoms with Gasteiger partial charge in [-0.05, 0) is 49.7 Å². The molecule has 2 heterocycles. The van der Waals surface area contributed by atoms with Crippen LogP contribution >= 0.6 is 0 Å². The number of hydrogen-bond acceptors (Lipinski definition) is 7. The zero-order chi connectivity index (χ0) is 20.4. The Morgan fingerprint density at radius 3 is 2.07 bits per heavy atom. The SMILES string of the molecule is COc1cc([C@H](c2cc3c(cc2O)OCO3)N2CCCCC2)cc(OC)c1OC.